The van der Waals surface area contributed by atoms with Crippen LogP contribution in [0.1, 0.15) is 22.3 Å². The summed E-state index contributed by atoms with van der Waals surface area (Å²) in [6.07, 6.45) is 2.89. The smallest absolute Gasteiger partial charge is 0.338 e. The highest BCUT2D eigenvalue weighted by atomic mass is 16.5. The molecule has 0 bridgehead atoms. The molecular weight excluding hydrogens is 316 g/mol. The SMILES string of the molecule is NC1=C[C@H](CCOc2cccc(C(=O)OCc3ccccc3)c2)CN1. The Morgan fingerprint density at radius 2 is 2.00 bits per heavy atom. The summed E-state index contributed by atoms with van der Waals surface area (Å²) in [6.45, 7) is 1.67. The van der Waals surface area contributed by atoms with Crippen LogP contribution in [-0.2, 0) is 11.3 Å². The predicted octanol–water partition coefficient (Wildman–Crippen LogP) is 2.83. The highest BCUT2D eigenvalue weighted by molar-refractivity contribution is 5.89. The Morgan fingerprint density at radius 1 is 1.16 bits per heavy atom. The second-order valence-electron chi connectivity index (χ2n) is 5.99. The molecule has 1 heterocycles. The van der Waals surface area contributed by atoms with Gasteiger partial charge in [-0.1, -0.05) is 36.4 Å². The molecule has 2 aromatic carbocycles. The molecule has 0 saturated heterocycles. The lowest BCUT2D eigenvalue weighted by molar-refractivity contribution is 0.0472. The molecule has 0 amide bonds. The number of rotatable bonds is 7. The number of carbonyl (C=O) groups is 1. The maximum Gasteiger partial charge on any atom is 0.338 e. The molecule has 3 rings (SSSR count). The minimum Gasteiger partial charge on any atom is -0.494 e. The Bertz CT molecular complexity index is 744. The van der Waals surface area contributed by atoms with E-state index >= 15 is 0 Å². The van der Waals surface area contributed by atoms with Gasteiger partial charge in [0.05, 0.1) is 18.0 Å². The van der Waals surface area contributed by atoms with E-state index in [0.717, 1.165) is 24.4 Å². The lowest BCUT2D eigenvalue weighted by Gasteiger charge is -2.10. The zero-order valence-electron chi connectivity index (χ0n) is 14.0. The average Bonchev–Trinajstić information content (AvgIpc) is 3.06. The van der Waals surface area contributed by atoms with Crippen LogP contribution >= 0.6 is 0 Å². The van der Waals surface area contributed by atoms with Gasteiger partial charge in [-0.3, -0.25) is 0 Å². The minimum absolute atomic E-state index is 0.257. The van der Waals surface area contributed by atoms with Crippen LogP contribution in [0, 0.1) is 5.92 Å². The zero-order valence-corrected chi connectivity index (χ0v) is 14.0. The minimum atomic E-state index is -0.356. The number of esters is 1. The molecule has 2 aromatic rings. The van der Waals surface area contributed by atoms with Gasteiger partial charge in [0, 0.05) is 12.5 Å². The molecule has 0 unspecified atom stereocenters. The van der Waals surface area contributed by atoms with Gasteiger partial charge in [-0.15, -0.1) is 0 Å². The van der Waals surface area contributed by atoms with Crippen LogP contribution in [0.4, 0.5) is 0 Å². The third-order valence-corrected chi connectivity index (χ3v) is 4.02. The van der Waals surface area contributed by atoms with Gasteiger partial charge < -0.3 is 20.5 Å². The Kier molecular flexibility index (Phi) is 5.57. The van der Waals surface area contributed by atoms with Crippen LogP contribution < -0.4 is 15.8 Å². The Balaban J connectivity index is 1.49. The van der Waals surface area contributed by atoms with Crippen molar-refractivity contribution in [2.24, 2.45) is 11.7 Å². The van der Waals surface area contributed by atoms with E-state index in [1.54, 1.807) is 18.2 Å². The van der Waals surface area contributed by atoms with Crippen molar-refractivity contribution in [3.63, 3.8) is 0 Å². The van der Waals surface area contributed by atoms with Crippen molar-refractivity contribution in [2.75, 3.05) is 13.2 Å². The molecule has 25 heavy (non-hydrogen) atoms. The number of benzene rings is 2. The van der Waals surface area contributed by atoms with E-state index in [1.807, 2.05) is 42.5 Å². The topological polar surface area (TPSA) is 73.6 Å². The van der Waals surface area contributed by atoms with E-state index in [4.69, 9.17) is 15.2 Å². The van der Waals surface area contributed by atoms with Crippen molar-refractivity contribution in [1.29, 1.82) is 0 Å². The van der Waals surface area contributed by atoms with Crippen LogP contribution in [0.15, 0.2) is 66.5 Å². The van der Waals surface area contributed by atoms with Gasteiger partial charge in [0.25, 0.3) is 0 Å². The summed E-state index contributed by atoms with van der Waals surface area (Å²) in [5.41, 5.74) is 7.13. The fourth-order valence-corrected chi connectivity index (χ4v) is 2.65. The zero-order chi connectivity index (χ0) is 17.5. The fourth-order valence-electron chi connectivity index (χ4n) is 2.65. The van der Waals surface area contributed by atoms with Crippen LogP contribution in [0.2, 0.25) is 0 Å². The number of hydrogen-bond donors (Lipinski definition) is 2. The van der Waals surface area contributed by atoms with E-state index in [1.165, 1.54) is 0 Å². The third-order valence-electron chi connectivity index (χ3n) is 4.02. The summed E-state index contributed by atoms with van der Waals surface area (Å²) < 4.78 is 11.1. The number of hydrogen-bond acceptors (Lipinski definition) is 5. The maximum absolute atomic E-state index is 12.2. The van der Waals surface area contributed by atoms with Crippen molar-refractivity contribution >= 4 is 5.97 Å². The highest BCUT2D eigenvalue weighted by Crippen LogP contribution is 2.17. The molecule has 1 aliphatic heterocycles. The van der Waals surface area contributed by atoms with Crippen LogP contribution in [-0.4, -0.2) is 19.1 Å². The van der Waals surface area contributed by atoms with Crippen molar-refractivity contribution in [3.8, 4) is 5.75 Å². The lowest BCUT2D eigenvalue weighted by Crippen LogP contribution is -2.17. The summed E-state index contributed by atoms with van der Waals surface area (Å²) >= 11 is 0. The largest absolute Gasteiger partial charge is 0.494 e. The first kappa shape index (κ1) is 16.9. The first-order valence-electron chi connectivity index (χ1n) is 8.36. The highest BCUT2D eigenvalue weighted by Gasteiger charge is 2.13. The van der Waals surface area contributed by atoms with E-state index in [2.05, 4.69) is 5.32 Å². The average molecular weight is 338 g/mol. The monoisotopic (exact) mass is 338 g/mol. The van der Waals surface area contributed by atoms with E-state index in [0.29, 0.717) is 23.8 Å². The van der Waals surface area contributed by atoms with Crippen molar-refractivity contribution in [2.45, 2.75) is 13.0 Å². The van der Waals surface area contributed by atoms with Gasteiger partial charge >= 0.3 is 5.97 Å². The molecule has 0 radical (unpaired) electrons. The van der Waals surface area contributed by atoms with Crippen LogP contribution in [0.25, 0.3) is 0 Å². The number of nitrogens with two attached hydrogens (primary N) is 1. The summed E-state index contributed by atoms with van der Waals surface area (Å²) in [5, 5.41) is 3.09. The second kappa shape index (κ2) is 8.24. The second-order valence-corrected chi connectivity index (χ2v) is 5.99. The quantitative estimate of drug-likeness (QED) is 0.760. The Labute approximate surface area is 147 Å². The third kappa shape index (κ3) is 5.01. The summed E-state index contributed by atoms with van der Waals surface area (Å²) in [5.74, 6) is 1.43. The standard InChI is InChI=1S/C20H22N2O3/c21-19-11-16(13-22-19)9-10-24-18-8-4-7-17(12-18)20(23)25-14-15-5-2-1-3-6-15/h1-8,11-12,16,22H,9-10,13-14,21H2/t16-/m0/s1. The van der Waals surface area contributed by atoms with Gasteiger partial charge in [-0.25, -0.2) is 4.79 Å². The number of carbonyl (C=O) groups excluding carboxylic acids is 1. The van der Waals surface area contributed by atoms with Crippen LogP contribution in [0.3, 0.4) is 0 Å². The molecule has 0 aromatic heterocycles. The lowest BCUT2D eigenvalue weighted by atomic mass is 10.1. The number of ether oxygens (including phenoxy) is 2. The van der Waals surface area contributed by atoms with Gasteiger partial charge in [0.15, 0.2) is 0 Å². The molecule has 0 fully saturated rings. The molecule has 5 heteroatoms. The van der Waals surface area contributed by atoms with E-state index in [-0.39, 0.29) is 12.6 Å². The van der Waals surface area contributed by atoms with Crippen molar-refractivity contribution < 1.29 is 14.3 Å². The molecule has 130 valence electrons. The normalized spacial score (nSPS) is 16.0. The molecule has 5 nitrogen and oxygen atoms in total. The van der Waals surface area contributed by atoms with Crippen LogP contribution in [0.5, 0.6) is 5.75 Å². The maximum atomic E-state index is 12.2. The molecule has 1 aliphatic rings. The van der Waals surface area contributed by atoms with Gasteiger partial charge in [-0.05, 0) is 36.3 Å². The molecule has 1 atom stereocenters. The van der Waals surface area contributed by atoms with Gasteiger partial charge in [0.1, 0.15) is 12.4 Å². The summed E-state index contributed by atoms with van der Waals surface area (Å²) in [4.78, 5) is 12.2. The molecule has 0 spiro atoms. The first-order chi connectivity index (χ1) is 12.2. The van der Waals surface area contributed by atoms with E-state index < -0.39 is 0 Å². The molecule has 0 aliphatic carbocycles. The Morgan fingerprint density at radius 3 is 2.76 bits per heavy atom. The number of nitrogens with one attached hydrogen (secondary N) is 1. The molecular formula is C20H22N2O3. The molecule has 0 saturated carbocycles. The van der Waals surface area contributed by atoms with Gasteiger partial charge in [0.2, 0.25) is 0 Å². The van der Waals surface area contributed by atoms with Crippen molar-refractivity contribution in [3.05, 3.63) is 77.6 Å². The first-order valence-corrected chi connectivity index (χ1v) is 8.36. The summed E-state index contributed by atoms with van der Waals surface area (Å²) in [7, 11) is 0. The van der Waals surface area contributed by atoms with Gasteiger partial charge in [-0.2, -0.15) is 0 Å². The summed E-state index contributed by atoms with van der Waals surface area (Å²) in [6, 6.07) is 16.7. The molecule has 3 N–H and O–H groups in total. The fraction of sp³-hybridized carbons (Fsp3) is 0.250. The Hall–Kier alpha value is -2.95. The van der Waals surface area contributed by atoms with Crippen molar-refractivity contribution in [1.82, 2.24) is 5.32 Å². The predicted molar refractivity (Wildman–Crippen MR) is 95.9 cm³/mol. The van der Waals surface area contributed by atoms with E-state index in [9.17, 15) is 4.79 Å².